The van der Waals surface area contributed by atoms with Gasteiger partial charge in [0.2, 0.25) is 0 Å². The molecular formula is C13H16N4O3S. The van der Waals surface area contributed by atoms with Gasteiger partial charge in [0.1, 0.15) is 0 Å². The van der Waals surface area contributed by atoms with E-state index in [4.69, 9.17) is 9.84 Å². The van der Waals surface area contributed by atoms with E-state index in [0.29, 0.717) is 5.82 Å². The summed E-state index contributed by atoms with van der Waals surface area (Å²) in [5, 5.41) is 20.5. The highest BCUT2D eigenvalue weighted by molar-refractivity contribution is 7.98. The van der Waals surface area contributed by atoms with Crippen LogP contribution in [0.1, 0.15) is 6.42 Å². The molecule has 0 aliphatic rings. The SMILES string of the molecule is COC(CC(=O)O)Cn1nnnc1-c1ccccc1SC. The van der Waals surface area contributed by atoms with Crippen LogP contribution in [0.5, 0.6) is 0 Å². The van der Waals surface area contributed by atoms with Crippen molar-refractivity contribution in [2.45, 2.75) is 24.0 Å². The third-order valence-corrected chi connectivity index (χ3v) is 3.79. The van der Waals surface area contributed by atoms with Crippen molar-refractivity contribution in [3.63, 3.8) is 0 Å². The van der Waals surface area contributed by atoms with Crippen molar-refractivity contribution in [2.75, 3.05) is 13.4 Å². The number of carboxylic acids is 1. The zero-order chi connectivity index (χ0) is 15.2. The van der Waals surface area contributed by atoms with Crippen LogP contribution in [0.25, 0.3) is 11.4 Å². The van der Waals surface area contributed by atoms with Crippen LogP contribution in [-0.4, -0.2) is 50.8 Å². The van der Waals surface area contributed by atoms with E-state index < -0.39 is 12.1 Å². The van der Waals surface area contributed by atoms with Crippen LogP contribution >= 0.6 is 11.8 Å². The van der Waals surface area contributed by atoms with Gasteiger partial charge in [-0.15, -0.1) is 16.9 Å². The topological polar surface area (TPSA) is 90.1 Å². The highest BCUT2D eigenvalue weighted by atomic mass is 32.2. The maximum Gasteiger partial charge on any atom is 0.306 e. The van der Waals surface area contributed by atoms with Crippen LogP contribution in [0.2, 0.25) is 0 Å². The van der Waals surface area contributed by atoms with Gasteiger partial charge in [-0.2, -0.15) is 0 Å². The molecule has 0 amide bonds. The quantitative estimate of drug-likeness (QED) is 0.776. The van der Waals surface area contributed by atoms with Crippen LogP contribution in [0, 0.1) is 0 Å². The minimum absolute atomic E-state index is 0.0972. The molecule has 1 aromatic heterocycles. The Kier molecular flexibility index (Phi) is 5.29. The highest BCUT2D eigenvalue weighted by Crippen LogP contribution is 2.28. The Bertz CT molecular complexity index is 617. The molecule has 7 nitrogen and oxygen atoms in total. The standard InChI is InChI=1S/C13H16N4O3S/c1-20-9(7-12(18)19)8-17-13(14-15-16-17)10-5-3-4-6-11(10)21-2/h3-6,9H,7-8H2,1-2H3,(H,18,19). The van der Waals surface area contributed by atoms with Crippen molar-refractivity contribution in [3.05, 3.63) is 24.3 Å². The molecule has 0 saturated heterocycles. The number of carbonyl (C=O) groups is 1. The maximum absolute atomic E-state index is 10.8. The number of aromatic nitrogens is 4. The van der Waals surface area contributed by atoms with E-state index in [9.17, 15) is 4.79 Å². The van der Waals surface area contributed by atoms with E-state index >= 15 is 0 Å². The number of ether oxygens (including phenoxy) is 1. The predicted molar refractivity (Wildman–Crippen MR) is 78.1 cm³/mol. The molecule has 0 bridgehead atoms. The van der Waals surface area contributed by atoms with Crippen molar-refractivity contribution >= 4 is 17.7 Å². The molecule has 1 aromatic carbocycles. The summed E-state index contributed by atoms with van der Waals surface area (Å²) in [7, 11) is 1.48. The first kappa shape index (κ1) is 15.5. The number of nitrogens with zero attached hydrogens (tertiary/aromatic N) is 4. The molecule has 2 rings (SSSR count). The van der Waals surface area contributed by atoms with Crippen LogP contribution in [0.15, 0.2) is 29.2 Å². The normalized spacial score (nSPS) is 12.3. The van der Waals surface area contributed by atoms with Gasteiger partial charge >= 0.3 is 5.97 Å². The van der Waals surface area contributed by atoms with Gasteiger partial charge in [-0.3, -0.25) is 4.79 Å². The third-order valence-electron chi connectivity index (χ3n) is 2.99. The van der Waals surface area contributed by atoms with Crippen LogP contribution < -0.4 is 0 Å². The fraction of sp³-hybridized carbons (Fsp3) is 0.385. The molecule has 0 radical (unpaired) electrons. The van der Waals surface area contributed by atoms with Gasteiger partial charge in [-0.25, -0.2) is 4.68 Å². The molecule has 0 saturated carbocycles. The molecule has 1 N–H and O–H groups in total. The molecule has 0 spiro atoms. The lowest BCUT2D eigenvalue weighted by Crippen LogP contribution is -2.23. The monoisotopic (exact) mass is 308 g/mol. The highest BCUT2D eigenvalue weighted by Gasteiger charge is 2.18. The number of hydrogen-bond acceptors (Lipinski definition) is 6. The van der Waals surface area contributed by atoms with Gasteiger partial charge in [0.25, 0.3) is 0 Å². The smallest absolute Gasteiger partial charge is 0.306 e. The molecule has 2 aromatic rings. The number of rotatable bonds is 7. The Balaban J connectivity index is 2.28. The summed E-state index contributed by atoms with van der Waals surface area (Å²) in [5.74, 6) is -0.312. The number of benzene rings is 1. The van der Waals surface area contributed by atoms with E-state index in [-0.39, 0.29) is 13.0 Å². The zero-order valence-electron chi connectivity index (χ0n) is 11.8. The number of carboxylic acid groups (broad SMARTS) is 1. The van der Waals surface area contributed by atoms with Crippen molar-refractivity contribution < 1.29 is 14.6 Å². The Morgan fingerprint density at radius 3 is 2.90 bits per heavy atom. The third kappa shape index (κ3) is 3.79. The first-order valence-electron chi connectivity index (χ1n) is 6.29. The van der Waals surface area contributed by atoms with Crippen molar-refractivity contribution in [3.8, 4) is 11.4 Å². The molecule has 1 atom stereocenters. The average Bonchev–Trinajstić information content (AvgIpc) is 2.94. The summed E-state index contributed by atoms with van der Waals surface area (Å²) in [6.07, 6.45) is 1.40. The number of hydrogen-bond donors (Lipinski definition) is 1. The lowest BCUT2D eigenvalue weighted by Gasteiger charge is -2.14. The summed E-state index contributed by atoms with van der Waals surface area (Å²) < 4.78 is 6.76. The Labute approximate surface area is 126 Å². The largest absolute Gasteiger partial charge is 0.481 e. The second-order valence-corrected chi connectivity index (χ2v) is 5.19. The van der Waals surface area contributed by atoms with Crippen molar-refractivity contribution in [1.29, 1.82) is 0 Å². The molecule has 0 aliphatic carbocycles. The molecule has 1 heterocycles. The Morgan fingerprint density at radius 2 is 2.24 bits per heavy atom. The summed E-state index contributed by atoms with van der Waals surface area (Å²) >= 11 is 1.60. The van der Waals surface area contributed by atoms with Gasteiger partial charge < -0.3 is 9.84 Å². The molecule has 21 heavy (non-hydrogen) atoms. The van der Waals surface area contributed by atoms with E-state index in [1.165, 1.54) is 7.11 Å². The average molecular weight is 308 g/mol. The molecule has 112 valence electrons. The van der Waals surface area contributed by atoms with E-state index in [0.717, 1.165) is 10.5 Å². The number of aliphatic carboxylic acids is 1. The van der Waals surface area contributed by atoms with Crippen molar-refractivity contribution in [2.24, 2.45) is 0 Å². The van der Waals surface area contributed by atoms with E-state index in [2.05, 4.69) is 15.5 Å². The summed E-state index contributed by atoms with van der Waals surface area (Å²) in [6, 6.07) is 7.79. The van der Waals surface area contributed by atoms with Crippen molar-refractivity contribution in [1.82, 2.24) is 20.2 Å². The van der Waals surface area contributed by atoms with E-state index in [1.807, 2.05) is 30.5 Å². The lowest BCUT2D eigenvalue weighted by atomic mass is 10.2. The van der Waals surface area contributed by atoms with Gasteiger partial charge in [0.15, 0.2) is 5.82 Å². The van der Waals surface area contributed by atoms with Crippen LogP contribution in [0.3, 0.4) is 0 Å². The summed E-state index contributed by atoms with van der Waals surface area (Å²) in [4.78, 5) is 11.9. The maximum atomic E-state index is 10.8. The second-order valence-electron chi connectivity index (χ2n) is 4.34. The number of methoxy groups -OCH3 is 1. The zero-order valence-corrected chi connectivity index (χ0v) is 12.6. The first-order valence-corrected chi connectivity index (χ1v) is 7.52. The molecule has 0 fully saturated rings. The van der Waals surface area contributed by atoms with Crippen LogP contribution in [0.4, 0.5) is 0 Å². The fourth-order valence-corrected chi connectivity index (χ4v) is 2.55. The number of thioether (sulfide) groups is 1. The Hall–Kier alpha value is -1.93. The summed E-state index contributed by atoms with van der Waals surface area (Å²) in [6.45, 7) is 0.286. The number of tetrazole rings is 1. The Morgan fingerprint density at radius 1 is 1.48 bits per heavy atom. The lowest BCUT2D eigenvalue weighted by molar-refractivity contribution is -0.139. The van der Waals surface area contributed by atoms with Gasteiger partial charge in [0, 0.05) is 17.6 Å². The predicted octanol–water partition coefficient (Wildman–Crippen LogP) is 1.55. The molecule has 8 heteroatoms. The molecular weight excluding hydrogens is 292 g/mol. The second kappa shape index (κ2) is 7.19. The minimum Gasteiger partial charge on any atom is -0.481 e. The molecule has 1 unspecified atom stereocenters. The van der Waals surface area contributed by atoms with E-state index in [1.54, 1.807) is 16.4 Å². The summed E-state index contributed by atoms with van der Waals surface area (Å²) in [5.41, 5.74) is 0.917. The van der Waals surface area contributed by atoms with Crippen LogP contribution in [-0.2, 0) is 16.1 Å². The first-order chi connectivity index (χ1) is 10.2. The van der Waals surface area contributed by atoms with Gasteiger partial charge in [0.05, 0.1) is 19.1 Å². The molecule has 0 aliphatic heterocycles. The fourth-order valence-electron chi connectivity index (χ4n) is 1.96. The van der Waals surface area contributed by atoms with Gasteiger partial charge in [-0.05, 0) is 28.8 Å². The minimum atomic E-state index is -0.916. The van der Waals surface area contributed by atoms with Gasteiger partial charge in [-0.1, -0.05) is 12.1 Å².